The van der Waals surface area contributed by atoms with Crippen molar-refractivity contribution in [2.24, 2.45) is 0 Å². The van der Waals surface area contributed by atoms with Crippen molar-refractivity contribution in [1.82, 2.24) is 5.32 Å². The van der Waals surface area contributed by atoms with Crippen LogP contribution in [0.2, 0.25) is 0 Å². The first-order chi connectivity index (χ1) is 12.7. The highest BCUT2D eigenvalue weighted by molar-refractivity contribution is 9.11. The predicted octanol–water partition coefficient (Wildman–Crippen LogP) is 4.73. The highest BCUT2D eigenvalue weighted by Gasteiger charge is 2.21. The fraction of sp³-hybridized carbons (Fsp3) is 0.474. The number of benzene rings is 1. The van der Waals surface area contributed by atoms with E-state index in [-0.39, 0.29) is 31.8 Å². The Morgan fingerprint density at radius 1 is 1.15 bits per heavy atom. The van der Waals surface area contributed by atoms with Crippen molar-refractivity contribution in [2.75, 3.05) is 26.4 Å². The number of amides is 1. The number of rotatable bonds is 10. The van der Waals surface area contributed by atoms with Crippen LogP contribution in [0.3, 0.4) is 0 Å². The van der Waals surface area contributed by atoms with Crippen molar-refractivity contribution in [3.05, 3.63) is 39.3 Å². The molecule has 8 heteroatoms. The van der Waals surface area contributed by atoms with Gasteiger partial charge in [0.15, 0.2) is 0 Å². The molecule has 150 valence electrons. The van der Waals surface area contributed by atoms with Gasteiger partial charge < -0.3 is 19.5 Å². The van der Waals surface area contributed by atoms with E-state index in [0.29, 0.717) is 5.75 Å². The van der Waals surface area contributed by atoms with Crippen molar-refractivity contribution >= 4 is 43.9 Å². The van der Waals surface area contributed by atoms with E-state index in [1.807, 2.05) is 12.1 Å². The zero-order valence-electron chi connectivity index (χ0n) is 15.8. The molecule has 0 unspecified atom stereocenters. The van der Waals surface area contributed by atoms with Gasteiger partial charge in [-0.2, -0.15) is 0 Å². The van der Waals surface area contributed by atoms with E-state index >= 15 is 0 Å². The van der Waals surface area contributed by atoms with Crippen LogP contribution in [0.1, 0.15) is 32.8 Å². The number of hydrogen-bond acceptors (Lipinski definition) is 5. The van der Waals surface area contributed by atoms with Crippen molar-refractivity contribution in [1.29, 1.82) is 0 Å². The van der Waals surface area contributed by atoms with Gasteiger partial charge in [-0.15, -0.1) is 0 Å². The maximum absolute atomic E-state index is 11.5. The molecule has 0 radical (unpaired) electrons. The van der Waals surface area contributed by atoms with Crippen LogP contribution in [0.5, 0.6) is 5.75 Å². The molecule has 0 saturated carbocycles. The summed E-state index contributed by atoms with van der Waals surface area (Å²) in [7, 11) is 0. The number of esters is 1. The average molecular weight is 507 g/mol. The number of ether oxygens (including phenoxy) is 3. The van der Waals surface area contributed by atoms with Crippen molar-refractivity contribution in [3.8, 4) is 5.75 Å². The lowest BCUT2D eigenvalue weighted by Crippen LogP contribution is -2.29. The quantitative estimate of drug-likeness (QED) is 0.282. The van der Waals surface area contributed by atoms with Crippen molar-refractivity contribution in [3.63, 3.8) is 0 Å². The molecule has 6 nitrogen and oxygen atoms in total. The smallest absolute Gasteiger partial charge is 0.407 e. The van der Waals surface area contributed by atoms with Crippen LogP contribution in [0.15, 0.2) is 33.7 Å². The standard InChI is InChI=1S/C19H25Br2NO5/c1-5-16(23)25-8-7-22-18(24)27-10-9-26-17-14(20)11-13(12-15(17)21)19(3,4)6-2/h5,11-12H,1,6-10H2,2-4H3,(H,22,24). The van der Waals surface area contributed by atoms with Crippen LogP contribution in [-0.4, -0.2) is 38.4 Å². The van der Waals surface area contributed by atoms with Crippen molar-refractivity contribution in [2.45, 2.75) is 32.6 Å². The molecule has 1 N–H and O–H groups in total. The molecule has 0 fully saturated rings. The van der Waals surface area contributed by atoms with E-state index in [1.54, 1.807) is 0 Å². The van der Waals surface area contributed by atoms with Crippen LogP contribution in [0.25, 0.3) is 0 Å². The van der Waals surface area contributed by atoms with Crippen LogP contribution >= 0.6 is 31.9 Å². The average Bonchev–Trinajstić information content (AvgIpc) is 2.63. The molecule has 1 aromatic carbocycles. The van der Waals surface area contributed by atoms with Gasteiger partial charge in [-0.3, -0.25) is 0 Å². The summed E-state index contributed by atoms with van der Waals surface area (Å²) in [4.78, 5) is 22.4. The third-order valence-corrected chi connectivity index (χ3v) is 5.19. The summed E-state index contributed by atoms with van der Waals surface area (Å²) in [5.74, 6) is 0.120. The Kier molecular flexibility index (Phi) is 9.87. The molecule has 0 heterocycles. The van der Waals surface area contributed by atoms with E-state index < -0.39 is 12.1 Å². The number of hydrogen-bond donors (Lipinski definition) is 1. The molecule has 1 amide bonds. The second-order valence-electron chi connectivity index (χ2n) is 6.29. The van der Waals surface area contributed by atoms with E-state index in [1.165, 1.54) is 5.56 Å². The molecule has 0 bridgehead atoms. The fourth-order valence-corrected chi connectivity index (χ4v) is 3.40. The summed E-state index contributed by atoms with van der Waals surface area (Å²) in [6.07, 6.45) is 1.47. The minimum absolute atomic E-state index is 0.0524. The highest BCUT2D eigenvalue weighted by atomic mass is 79.9. The van der Waals surface area contributed by atoms with Crippen molar-refractivity contribution < 1.29 is 23.8 Å². The summed E-state index contributed by atoms with van der Waals surface area (Å²) in [5, 5.41) is 2.47. The van der Waals surface area contributed by atoms with Gasteiger partial charge in [-0.25, -0.2) is 9.59 Å². The maximum Gasteiger partial charge on any atom is 0.407 e. The van der Waals surface area contributed by atoms with Crippen LogP contribution in [0.4, 0.5) is 4.79 Å². The van der Waals surface area contributed by atoms with E-state index in [4.69, 9.17) is 14.2 Å². The molecular weight excluding hydrogens is 482 g/mol. The summed E-state index contributed by atoms with van der Waals surface area (Å²) in [5.41, 5.74) is 1.26. The SMILES string of the molecule is C=CC(=O)OCCNC(=O)OCCOc1c(Br)cc(C(C)(C)CC)cc1Br. The van der Waals surface area contributed by atoms with E-state index in [2.05, 4.69) is 64.5 Å². The van der Waals surface area contributed by atoms with Crippen LogP contribution < -0.4 is 10.1 Å². The first kappa shape index (κ1) is 23.5. The van der Waals surface area contributed by atoms with Gasteiger partial charge in [0, 0.05) is 6.08 Å². The molecule has 0 aliphatic rings. The lowest BCUT2D eigenvalue weighted by molar-refractivity contribution is -0.137. The monoisotopic (exact) mass is 505 g/mol. The summed E-state index contributed by atoms with van der Waals surface area (Å²) in [6, 6.07) is 4.09. The zero-order valence-corrected chi connectivity index (χ0v) is 18.9. The molecule has 0 aromatic heterocycles. The third-order valence-electron chi connectivity index (χ3n) is 4.01. The van der Waals surface area contributed by atoms with Gasteiger partial charge in [0.1, 0.15) is 25.6 Å². The molecular formula is C19H25Br2NO5. The van der Waals surface area contributed by atoms with Gasteiger partial charge in [-0.1, -0.05) is 27.4 Å². The summed E-state index contributed by atoms with van der Waals surface area (Å²) in [6.45, 7) is 10.3. The Labute approximate surface area is 176 Å². The summed E-state index contributed by atoms with van der Waals surface area (Å²) < 4.78 is 17.1. The van der Waals surface area contributed by atoms with Gasteiger partial charge in [-0.05, 0) is 61.4 Å². The van der Waals surface area contributed by atoms with Crippen LogP contribution in [0, 0.1) is 0 Å². The molecule has 0 spiro atoms. The molecule has 0 aliphatic heterocycles. The summed E-state index contributed by atoms with van der Waals surface area (Å²) >= 11 is 7.07. The van der Waals surface area contributed by atoms with E-state index in [9.17, 15) is 9.59 Å². The third kappa shape index (κ3) is 7.92. The molecule has 0 saturated heterocycles. The highest BCUT2D eigenvalue weighted by Crippen LogP contribution is 2.39. The first-order valence-electron chi connectivity index (χ1n) is 8.53. The maximum atomic E-state index is 11.5. The number of nitrogens with one attached hydrogen (secondary N) is 1. The predicted molar refractivity (Wildman–Crippen MR) is 111 cm³/mol. The van der Waals surface area contributed by atoms with Gasteiger partial charge in [0.05, 0.1) is 15.5 Å². The second-order valence-corrected chi connectivity index (χ2v) is 8.00. The Balaban J connectivity index is 2.41. The molecule has 1 aromatic rings. The number of halogens is 2. The van der Waals surface area contributed by atoms with E-state index in [0.717, 1.165) is 21.4 Å². The molecule has 1 rings (SSSR count). The second kappa shape index (κ2) is 11.3. The number of carbonyl (C=O) groups excluding carboxylic acids is 2. The van der Waals surface area contributed by atoms with Crippen LogP contribution in [-0.2, 0) is 19.7 Å². The van der Waals surface area contributed by atoms with Gasteiger partial charge >= 0.3 is 12.1 Å². The molecule has 0 atom stereocenters. The van der Waals surface area contributed by atoms with Gasteiger partial charge in [0.2, 0.25) is 0 Å². The Bertz CT molecular complexity index is 653. The fourth-order valence-electron chi connectivity index (χ4n) is 1.99. The molecule has 27 heavy (non-hydrogen) atoms. The number of carbonyl (C=O) groups is 2. The van der Waals surface area contributed by atoms with Gasteiger partial charge in [0.25, 0.3) is 0 Å². The minimum atomic E-state index is -0.605. The Morgan fingerprint density at radius 2 is 1.78 bits per heavy atom. The Morgan fingerprint density at radius 3 is 2.33 bits per heavy atom. The normalized spacial score (nSPS) is 10.9. The molecule has 0 aliphatic carbocycles. The first-order valence-corrected chi connectivity index (χ1v) is 10.1. The topological polar surface area (TPSA) is 73.9 Å². The lowest BCUT2D eigenvalue weighted by atomic mass is 9.82. The minimum Gasteiger partial charge on any atom is -0.488 e. The Hall–Kier alpha value is -1.54. The lowest BCUT2D eigenvalue weighted by Gasteiger charge is -2.24. The largest absolute Gasteiger partial charge is 0.488 e. The zero-order chi connectivity index (χ0) is 20.4. The number of alkyl carbamates (subject to hydrolysis) is 1.